The van der Waals surface area contributed by atoms with Gasteiger partial charge in [-0.1, -0.05) is 310 Å². The highest BCUT2D eigenvalue weighted by Gasteiger charge is 2.26. The molecule has 0 aromatic rings. The van der Waals surface area contributed by atoms with Crippen molar-refractivity contribution in [3.05, 3.63) is 97.2 Å². The molecule has 83 heavy (non-hydrogen) atoms. The molecule has 0 radical (unpaired) electrons. The van der Waals surface area contributed by atoms with Crippen LogP contribution in [0.5, 0.6) is 0 Å². The van der Waals surface area contributed by atoms with Gasteiger partial charge in [-0.15, -0.1) is 0 Å². The summed E-state index contributed by atoms with van der Waals surface area (Å²) in [5, 5.41) is 0. The molecule has 2 atom stereocenters. The number of ether oxygens (including phenoxy) is 2. The number of allylic oxidation sites excluding steroid dienone is 16. The largest absolute Gasteiger partial charge is 0.472 e. The minimum absolute atomic E-state index is 0.0440. The minimum Gasteiger partial charge on any atom is -0.462 e. The van der Waals surface area contributed by atoms with Gasteiger partial charge in [0, 0.05) is 19.4 Å². The van der Waals surface area contributed by atoms with E-state index < -0.39 is 26.5 Å². The van der Waals surface area contributed by atoms with Crippen LogP contribution in [-0.2, 0) is 32.7 Å². The lowest BCUT2D eigenvalue weighted by Crippen LogP contribution is -2.29. The molecule has 3 N–H and O–H groups in total. The lowest BCUT2D eigenvalue weighted by atomic mass is 10.0. The first-order valence-corrected chi connectivity index (χ1v) is 36.2. The van der Waals surface area contributed by atoms with Crippen LogP contribution in [0.4, 0.5) is 0 Å². The highest BCUT2D eigenvalue weighted by atomic mass is 31.2. The van der Waals surface area contributed by atoms with Crippen LogP contribution in [0.25, 0.3) is 0 Å². The molecule has 10 heteroatoms. The number of carbonyl (C=O) groups is 2. The summed E-state index contributed by atoms with van der Waals surface area (Å²) in [5.41, 5.74) is 5.39. The van der Waals surface area contributed by atoms with Crippen molar-refractivity contribution in [1.82, 2.24) is 0 Å². The third-order valence-electron chi connectivity index (χ3n) is 15.0. The number of phosphoric acid groups is 1. The van der Waals surface area contributed by atoms with E-state index in [0.717, 1.165) is 83.5 Å². The number of hydrogen-bond acceptors (Lipinski definition) is 8. The van der Waals surface area contributed by atoms with Crippen LogP contribution in [0.1, 0.15) is 322 Å². The Hall–Kier alpha value is -3.07. The fourth-order valence-corrected chi connectivity index (χ4v) is 10.6. The molecule has 0 aromatic heterocycles. The van der Waals surface area contributed by atoms with Gasteiger partial charge in [0.2, 0.25) is 0 Å². The van der Waals surface area contributed by atoms with Gasteiger partial charge >= 0.3 is 19.8 Å². The molecule has 0 heterocycles. The fraction of sp³-hybridized carbons (Fsp3) is 0.753. The monoisotopic (exact) mass is 1180 g/mol. The molecule has 0 aliphatic carbocycles. The summed E-state index contributed by atoms with van der Waals surface area (Å²) in [6.07, 6.45) is 92.3. The molecular weight excluding hydrogens is 1050 g/mol. The summed E-state index contributed by atoms with van der Waals surface area (Å²) < 4.78 is 33.1. The van der Waals surface area contributed by atoms with Gasteiger partial charge in [-0.25, -0.2) is 4.57 Å². The smallest absolute Gasteiger partial charge is 0.462 e. The molecule has 9 nitrogen and oxygen atoms in total. The predicted octanol–water partition coefficient (Wildman–Crippen LogP) is 22.7. The molecule has 0 aliphatic rings. The lowest BCUT2D eigenvalue weighted by molar-refractivity contribution is -0.161. The maximum Gasteiger partial charge on any atom is 0.472 e. The first kappa shape index (κ1) is 79.9. The summed E-state index contributed by atoms with van der Waals surface area (Å²) in [7, 11) is -4.41. The average Bonchev–Trinajstić information content (AvgIpc) is 3.49. The van der Waals surface area contributed by atoms with Crippen molar-refractivity contribution < 1.29 is 37.6 Å². The number of carbonyl (C=O) groups excluding carboxylic acids is 2. The fourth-order valence-electron chi connectivity index (χ4n) is 9.85. The van der Waals surface area contributed by atoms with Gasteiger partial charge < -0.3 is 20.1 Å². The number of unbranched alkanes of at least 4 members (excludes halogenated alkanes) is 36. The van der Waals surface area contributed by atoms with E-state index in [1.807, 2.05) is 0 Å². The molecule has 0 amide bonds. The van der Waals surface area contributed by atoms with Crippen LogP contribution in [0.2, 0.25) is 0 Å². The Morgan fingerprint density at radius 2 is 0.663 bits per heavy atom. The molecule has 2 unspecified atom stereocenters. The zero-order valence-corrected chi connectivity index (χ0v) is 54.8. The number of rotatable bonds is 65. The highest BCUT2D eigenvalue weighted by molar-refractivity contribution is 7.47. The molecule has 0 aliphatic heterocycles. The summed E-state index contributed by atoms with van der Waals surface area (Å²) in [5.74, 6) is -0.860. The van der Waals surface area contributed by atoms with Crippen LogP contribution < -0.4 is 5.73 Å². The molecular formula is C73H130NO8P. The topological polar surface area (TPSA) is 134 Å². The second-order valence-corrected chi connectivity index (χ2v) is 24.5. The van der Waals surface area contributed by atoms with Gasteiger partial charge in [0.15, 0.2) is 6.10 Å². The average molecular weight is 1180 g/mol. The van der Waals surface area contributed by atoms with Crippen molar-refractivity contribution in [2.75, 3.05) is 26.4 Å². The van der Waals surface area contributed by atoms with Crippen molar-refractivity contribution in [2.45, 2.75) is 328 Å². The van der Waals surface area contributed by atoms with E-state index in [-0.39, 0.29) is 38.6 Å². The van der Waals surface area contributed by atoms with Crippen LogP contribution in [-0.4, -0.2) is 49.3 Å². The molecule has 0 spiro atoms. The van der Waals surface area contributed by atoms with E-state index in [2.05, 4.69) is 111 Å². The van der Waals surface area contributed by atoms with E-state index in [0.29, 0.717) is 6.42 Å². The third kappa shape index (κ3) is 67.9. The predicted molar refractivity (Wildman–Crippen MR) is 358 cm³/mol. The number of esters is 2. The van der Waals surface area contributed by atoms with Crippen LogP contribution in [0.3, 0.4) is 0 Å². The Labute approximate surface area is 512 Å². The Morgan fingerprint density at radius 1 is 0.373 bits per heavy atom. The van der Waals surface area contributed by atoms with Gasteiger partial charge in [-0.2, -0.15) is 0 Å². The van der Waals surface area contributed by atoms with E-state index in [1.165, 1.54) is 205 Å². The number of hydrogen-bond donors (Lipinski definition) is 2. The Morgan fingerprint density at radius 3 is 1.01 bits per heavy atom. The number of nitrogens with two attached hydrogens (primary N) is 1. The van der Waals surface area contributed by atoms with Crippen molar-refractivity contribution in [1.29, 1.82) is 0 Å². The highest BCUT2D eigenvalue weighted by Crippen LogP contribution is 2.43. The first-order valence-electron chi connectivity index (χ1n) is 34.7. The lowest BCUT2D eigenvalue weighted by Gasteiger charge is -2.19. The second-order valence-electron chi connectivity index (χ2n) is 23.0. The van der Waals surface area contributed by atoms with E-state index in [9.17, 15) is 19.0 Å². The van der Waals surface area contributed by atoms with E-state index in [4.69, 9.17) is 24.3 Å². The van der Waals surface area contributed by atoms with Crippen LogP contribution >= 0.6 is 7.82 Å². The third-order valence-corrected chi connectivity index (χ3v) is 15.9. The van der Waals surface area contributed by atoms with Gasteiger partial charge in [0.1, 0.15) is 6.61 Å². The molecule has 0 fully saturated rings. The molecule has 480 valence electrons. The molecule has 0 bridgehead atoms. The van der Waals surface area contributed by atoms with Crippen molar-refractivity contribution in [2.24, 2.45) is 5.73 Å². The van der Waals surface area contributed by atoms with Gasteiger partial charge in [-0.05, 0) is 96.3 Å². The first-order chi connectivity index (χ1) is 40.8. The van der Waals surface area contributed by atoms with Gasteiger partial charge in [-0.3, -0.25) is 18.6 Å². The molecule has 0 saturated carbocycles. The summed E-state index contributed by atoms with van der Waals surface area (Å²) in [6.45, 7) is 3.62. The molecule has 0 rings (SSSR count). The summed E-state index contributed by atoms with van der Waals surface area (Å²) >= 11 is 0. The van der Waals surface area contributed by atoms with E-state index >= 15 is 0 Å². The van der Waals surface area contributed by atoms with Crippen LogP contribution in [0, 0.1) is 0 Å². The zero-order chi connectivity index (χ0) is 60.1. The standard InChI is InChI=1S/C73H130NO8P/c1-3-5-7-9-11-13-15-17-19-21-23-25-27-29-30-31-32-33-34-35-36-37-38-39-40-42-43-45-47-49-51-53-55-57-59-61-63-65-72(75)79-69-71(70-81-83(77,78)80-68-67-74)82-73(76)66-64-62-60-58-56-54-52-50-48-46-44-41-28-26-24-22-20-18-16-14-12-10-8-6-4-2/h6,8,12,14,18,20-21,23-24,26,41,44,48,50,54,56,71H,3-5,7,9-11,13,15-17,19,22,25,27-40,42-43,45-47,49,51-53,55,57-70,74H2,1-2H3,(H,77,78)/b8-6-,14-12-,20-18-,23-21-,26-24-,44-41-,50-48-,56-54-. The van der Waals surface area contributed by atoms with Crippen LogP contribution in [0.15, 0.2) is 97.2 Å². The zero-order valence-electron chi connectivity index (χ0n) is 53.9. The maximum absolute atomic E-state index is 12.7. The van der Waals surface area contributed by atoms with Crippen molar-refractivity contribution >= 4 is 19.8 Å². The second kappa shape index (κ2) is 68.0. The van der Waals surface area contributed by atoms with Crippen molar-refractivity contribution in [3.63, 3.8) is 0 Å². The summed E-state index contributed by atoms with van der Waals surface area (Å²) in [4.78, 5) is 35.3. The summed E-state index contributed by atoms with van der Waals surface area (Å²) in [6, 6.07) is 0. The Kier molecular flexibility index (Phi) is 65.5. The molecule has 0 aromatic carbocycles. The van der Waals surface area contributed by atoms with Crippen molar-refractivity contribution in [3.8, 4) is 0 Å². The maximum atomic E-state index is 12.7. The Balaban J connectivity index is 3.87. The SMILES string of the molecule is CC/C=C\C/C=C\C/C=C\C/C=C\C/C=C\C/C=C\C/C=C\CCCCCC(=O)OC(COC(=O)CCCCCCCCCCCCCCCCCCCCCCCCCCC/C=C\CCCCCCCCCC)COP(=O)(O)OCCN. The minimum atomic E-state index is -4.41. The quantitative estimate of drug-likeness (QED) is 0.0264. The number of phosphoric ester groups is 1. The van der Waals surface area contributed by atoms with Gasteiger partial charge in [0.05, 0.1) is 13.2 Å². The van der Waals surface area contributed by atoms with E-state index in [1.54, 1.807) is 0 Å². The Bertz CT molecular complexity index is 1680. The molecule has 0 saturated heterocycles. The van der Waals surface area contributed by atoms with Gasteiger partial charge in [0.25, 0.3) is 0 Å². The normalized spacial score (nSPS) is 13.5.